The van der Waals surface area contributed by atoms with E-state index in [1.54, 1.807) is 24.3 Å². The van der Waals surface area contributed by atoms with Gasteiger partial charge in [0.05, 0.1) is 12.6 Å². The van der Waals surface area contributed by atoms with Gasteiger partial charge < -0.3 is 10.8 Å². The SMILES string of the molecule is NC(CO)C(=O)c1ccc(Cl)cc1. The summed E-state index contributed by atoms with van der Waals surface area (Å²) in [7, 11) is 0. The van der Waals surface area contributed by atoms with E-state index in [-0.39, 0.29) is 12.4 Å². The minimum Gasteiger partial charge on any atom is -0.394 e. The van der Waals surface area contributed by atoms with Gasteiger partial charge in [0.1, 0.15) is 0 Å². The Bertz CT molecular complexity index is 297. The van der Waals surface area contributed by atoms with Crippen molar-refractivity contribution in [1.82, 2.24) is 0 Å². The smallest absolute Gasteiger partial charge is 0.181 e. The van der Waals surface area contributed by atoms with Crippen LogP contribution in [0.4, 0.5) is 0 Å². The lowest BCUT2D eigenvalue weighted by molar-refractivity contribution is 0.0925. The fraction of sp³-hybridized carbons (Fsp3) is 0.222. The van der Waals surface area contributed by atoms with Crippen LogP contribution < -0.4 is 5.73 Å². The third-order valence-corrected chi connectivity index (χ3v) is 1.91. The number of hydrogen-bond donors (Lipinski definition) is 2. The number of Topliss-reactive ketones (excluding diaryl/α,β-unsaturated/α-hetero) is 1. The Morgan fingerprint density at radius 2 is 2.00 bits per heavy atom. The number of aliphatic hydroxyl groups excluding tert-OH is 1. The van der Waals surface area contributed by atoms with E-state index in [1.165, 1.54) is 0 Å². The van der Waals surface area contributed by atoms with Crippen LogP contribution in [0, 0.1) is 0 Å². The van der Waals surface area contributed by atoms with Gasteiger partial charge in [0.15, 0.2) is 5.78 Å². The summed E-state index contributed by atoms with van der Waals surface area (Å²) in [5.74, 6) is -0.279. The average Bonchev–Trinajstić information content (AvgIpc) is 2.17. The fourth-order valence-corrected chi connectivity index (χ4v) is 1.04. The minimum absolute atomic E-state index is 0.279. The molecule has 0 saturated carbocycles. The molecule has 3 nitrogen and oxygen atoms in total. The van der Waals surface area contributed by atoms with Gasteiger partial charge >= 0.3 is 0 Å². The van der Waals surface area contributed by atoms with Gasteiger partial charge in [0.25, 0.3) is 0 Å². The van der Waals surface area contributed by atoms with Crippen LogP contribution in [0.5, 0.6) is 0 Å². The van der Waals surface area contributed by atoms with Gasteiger partial charge in [0, 0.05) is 10.6 Å². The van der Waals surface area contributed by atoms with Crippen LogP contribution >= 0.6 is 11.6 Å². The number of nitrogens with two attached hydrogens (primary N) is 1. The zero-order valence-electron chi connectivity index (χ0n) is 6.90. The van der Waals surface area contributed by atoms with Gasteiger partial charge in [0.2, 0.25) is 0 Å². The van der Waals surface area contributed by atoms with Gasteiger partial charge in [-0.15, -0.1) is 0 Å². The van der Waals surface area contributed by atoms with Crippen molar-refractivity contribution in [2.75, 3.05) is 6.61 Å². The summed E-state index contributed by atoms with van der Waals surface area (Å²) >= 11 is 5.64. The number of benzene rings is 1. The summed E-state index contributed by atoms with van der Waals surface area (Å²) in [4.78, 5) is 11.4. The molecule has 0 heterocycles. The fourth-order valence-electron chi connectivity index (χ4n) is 0.911. The standard InChI is InChI=1S/C9H10ClNO2/c10-7-3-1-6(2-4-7)9(13)8(11)5-12/h1-4,8,12H,5,11H2. The predicted octanol–water partition coefficient (Wildman–Crippen LogP) is 0.842. The molecule has 13 heavy (non-hydrogen) atoms. The van der Waals surface area contributed by atoms with Crippen molar-refractivity contribution in [3.05, 3.63) is 34.9 Å². The van der Waals surface area contributed by atoms with Crippen molar-refractivity contribution in [1.29, 1.82) is 0 Å². The maximum atomic E-state index is 11.4. The molecule has 0 amide bonds. The molecular formula is C9H10ClNO2. The molecule has 0 aliphatic rings. The van der Waals surface area contributed by atoms with E-state index in [4.69, 9.17) is 22.4 Å². The lowest BCUT2D eigenvalue weighted by atomic mass is 10.1. The zero-order valence-corrected chi connectivity index (χ0v) is 7.66. The van der Waals surface area contributed by atoms with E-state index in [0.717, 1.165) is 0 Å². The van der Waals surface area contributed by atoms with Crippen LogP contribution in [0.15, 0.2) is 24.3 Å². The van der Waals surface area contributed by atoms with Crippen LogP contribution in [0.3, 0.4) is 0 Å². The van der Waals surface area contributed by atoms with E-state index < -0.39 is 6.04 Å². The molecule has 1 unspecified atom stereocenters. The number of aliphatic hydroxyl groups is 1. The molecule has 0 aromatic heterocycles. The number of carbonyl (C=O) groups excluding carboxylic acids is 1. The molecule has 1 aromatic carbocycles. The van der Waals surface area contributed by atoms with E-state index in [2.05, 4.69) is 0 Å². The van der Waals surface area contributed by atoms with E-state index in [1.807, 2.05) is 0 Å². The summed E-state index contributed by atoms with van der Waals surface area (Å²) < 4.78 is 0. The summed E-state index contributed by atoms with van der Waals surface area (Å²) in [6.07, 6.45) is 0. The van der Waals surface area contributed by atoms with Crippen LogP contribution in [-0.4, -0.2) is 23.5 Å². The highest BCUT2D eigenvalue weighted by molar-refractivity contribution is 6.30. The average molecular weight is 200 g/mol. The van der Waals surface area contributed by atoms with Crippen molar-refractivity contribution in [3.8, 4) is 0 Å². The Morgan fingerprint density at radius 3 is 2.46 bits per heavy atom. The quantitative estimate of drug-likeness (QED) is 0.710. The largest absolute Gasteiger partial charge is 0.394 e. The first kappa shape index (κ1) is 10.2. The van der Waals surface area contributed by atoms with Crippen molar-refractivity contribution in [2.45, 2.75) is 6.04 Å². The van der Waals surface area contributed by atoms with Gasteiger partial charge in [-0.3, -0.25) is 4.79 Å². The second kappa shape index (κ2) is 4.37. The maximum absolute atomic E-state index is 11.4. The Kier molecular flexibility index (Phi) is 3.42. The lowest BCUT2D eigenvalue weighted by Crippen LogP contribution is -2.33. The van der Waals surface area contributed by atoms with Crippen molar-refractivity contribution >= 4 is 17.4 Å². The van der Waals surface area contributed by atoms with Crippen molar-refractivity contribution in [3.63, 3.8) is 0 Å². The van der Waals surface area contributed by atoms with E-state index >= 15 is 0 Å². The molecule has 0 aliphatic heterocycles. The second-order valence-corrected chi connectivity index (χ2v) is 3.10. The molecule has 0 radical (unpaired) electrons. The highest BCUT2D eigenvalue weighted by atomic mass is 35.5. The Hall–Kier alpha value is -0.900. The highest BCUT2D eigenvalue weighted by Gasteiger charge is 2.13. The summed E-state index contributed by atoms with van der Waals surface area (Å²) in [5.41, 5.74) is 5.82. The number of carbonyl (C=O) groups is 1. The second-order valence-electron chi connectivity index (χ2n) is 2.66. The molecule has 0 fully saturated rings. The molecule has 0 spiro atoms. The Labute approximate surface area is 81.1 Å². The van der Waals surface area contributed by atoms with Crippen LogP contribution in [0.2, 0.25) is 5.02 Å². The first-order chi connectivity index (χ1) is 6.15. The molecule has 1 atom stereocenters. The van der Waals surface area contributed by atoms with Crippen LogP contribution in [0.25, 0.3) is 0 Å². The maximum Gasteiger partial charge on any atom is 0.181 e. The van der Waals surface area contributed by atoms with Crippen LogP contribution in [0.1, 0.15) is 10.4 Å². The first-order valence-electron chi connectivity index (χ1n) is 3.81. The molecule has 0 bridgehead atoms. The molecule has 4 heteroatoms. The van der Waals surface area contributed by atoms with Gasteiger partial charge in [-0.2, -0.15) is 0 Å². The summed E-state index contributed by atoms with van der Waals surface area (Å²) in [6.45, 7) is -0.346. The first-order valence-corrected chi connectivity index (χ1v) is 4.19. The zero-order chi connectivity index (χ0) is 9.84. The number of ketones is 1. The highest BCUT2D eigenvalue weighted by Crippen LogP contribution is 2.10. The minimum atomic E-state index is -0.846. The Balaban J connectivity index is 2.83. The lowest BCUT2D eigenvalue weighted by Gasteiger charge is -2.06. The number of halogens is 1. The number of rotatable bonds is 3. The van der Waals surface area contributed by atoms with Crippen LogP contribution in [-0.2, 0) is 0 Å². The third kappa shape index (κ3) is 2.52. The van der Waals surface area contributed by atoms with E-state index in [9.17, 15) is 4.79 Å². The predicted molar refractivity (Wildman–Crippen MR) is 50.8 cm³/mol. The van der Waals surface area contributed by atoms with E-state index in [0.29, 0.717) is 10.6 Å². The summed E-state index contributed by atoms with van der Waals surface area (Å²) in [5, 5.41) is 9.21. The summed E-state index contributed by atoms with van der Waals surface area (Å²) in [6, 6.07) is 5.54. The van der Waals surface area contributed by atoms with Gasteiger partial charge in [-0.25, -0.2) is 0 Å². The third-order valence-electron chi connectivity index (χ3n) is 1.66. The molecule has 1 rings (SSSR count). The Morgan fingerprint density at radius 1 is 1.46 bits per heavy atom. The van der Waals surface area contributed by atoms with Gasteiger partial charge in [-0.05, 0) is 24.3 Å². The molecule has 0 aliphatic carbocycles. The number of hydrogen-bond acceptors (Lipinski definition) is 3. The molecule has 70 valence electrons. The van der Waals surface area contributed by atoms with Gasteiger partial charge in [-0.1, -0.05) is 11.6 Å². The normalized spacial score (nSPS) is 12.5. The monoisotopic (exact) mass is 199 g/mol. The molecular weight excluding hydrogens is 190 g/mol. The van der Waals surface area contributed by atoms with Crippen molar-refractivity contribution < 1.29 is 9.90 Å². The molecule has 0 saturated heterocycles. The molecule has 1 aromatic rings. The van der Waals surface area contributed by atoms with Crippen molar-refractivity contribution in [2.24, 2.45) is 5.73 Å². The molecule has 3 N–H and O–H groups in total. The topological polar surface area (TPSA) is 63.3 Å².